The third-order valence-electron chi connectivity index (χ3n) is 2.72. The summed E-state index contributed by atoms with van der Waals surface area (Å²) in [5.41, 5.74) is 0. The van der Waals surface area contributed by atoms with Crippen LogP contribution in [0.2, 0.25) is 0 Å². The number of ether oxygens (including phenoxy) is 1. The van der Waals surface area contributed by atoms with E-state index < -0.39 is 68.1 Å². The first-order chi connectivity index (χ1) is 11.0. The zero-order chi connectivity index (χ0) is 20.1. The van der Waals surface area contributed by atoms with Crippen LogP contribution in [0, 0.1) is 0 Å². The van der Waals surface area contributed by atoms with E-state index in [0.717, 1.165) is 0 Å². The molecule has 0 saturated carbocycles. The summed E-state index contributed by atoms with van der Waals surface area (Å²) >= 11 is 0. The first-order valence-corrected chi connectivity index (χ1v) is 6.96. The van der Waals surface area contributed by atoms with Crippen molar-refractivity contribution in [2.24, 2.45) is 0 Å². The van der Waals surface area contributed by atoms with Gasteiger partial charge >= 0.3 is 5.97 Å². The summed E-state index contributed by atoms with van der Waals surface area (Å²) in [5, 5.41) is 9.23. The van der Waals surface area contributed by atoms with Gasteiger partial charge in [-0.05, 0) is 6.92 Å². The predicted octanol–water partition coefficient (Wildman–Crippen LogP) is 4.20. The Hall–Kier alpha value is -1.39. The number of carbonyl (C=O) groups excluding carboxylic acids is 1. The maximum atomic E-state index is 13.5. The van der Waals surface area contributed by atoms with Crippen LogP contribution >= 0.6 is 0 Å². The summed E-state index contributed by atoms with van der Waals surface area (Å²) in [5.74, 6) is -18.5. The van der Waals surface area contributed by atoms with Gasteiger partial charge < -0.3 is 9.84 Å². The van der Waals surface area contributed by atoms with Gasteiger partial charge in [-0.3, -0.25) is 0 Å². The van der Waals surface area contributed by atoms with Gasteiger partial charge in [0.2, 0.25) is 0 Å². The van der Waals surface area contributed by atoms with E-state index in [9.17, 15) is 45.0 Å². The molecule has 148 valence electrons. The molecule has 0 spiro atoms. The Bertz CT molecular complexity index is 459. The Labute approximate surface area is 138 Å². The number of aliphatic hydroxyl groups excluding tert-OH is 1. The van der Waals surface area contributed by atoms with Crippen molar-refractivity contribution in [1.82, 2.24) is 0 Å². The highest BCUT2D eigenvalue weighted by molar-refractivity contribution is 5.81. The Morgan fingerprint density at radius 3 is 1.88 bits per heavy atom. The molecule has 0 aliphatic heterocycles. The van der Waals surface area contributed by atoms with Crippen LogP contribution in [-0.2, 0) is 9.53 Å². The fourth-order valence-electron chi connectivity index (χ4n) is 2.05. The van der Waals surface area contributed by atoms with E-state index in [1.165, 1.54) is 0 Å². The monoisotopic (exact) mass is 386 g/mol. The largest absolute Gasteiger partial charge is 0.460 e. The van der Waals surface area contributed by atoms with Crippen molar-refractivity contribution in [3.63, 3.8) is 0 Å². The molecule has 0 aromatic rings. The van der Waals surface area contributed by atoms with Gasteiger partial charge in [0, 0.05) is 12.5 Å². The number of esters is 1. The van der Waals surface area contributed by atoms with E-state index in [0.29, 0.717) is 6.08 Å². The zero-order valence-corrected chi connectivity index (χ0v) is 13.2. The Balaban J connectivity index is 4.73. The van der Waals surface area contributed by atoms with E-state index in [2.05, 4.69) is 11.3 Å². The number of hydrogen-bond donors (Lipinski definition) is 1. The van der Waals surface area contributed by atoms with E-state index in [4.69, 9.17) is 0 Å². The maximum absolute atomic E-state index is 13.5. The second-order valence-corrected chi connectivity index (χ2v) is 5.86. The molecule has 0 aromatic carbocycles. The van der Waals surface area contributed by atoms with Gasteiger partial charge in [0.1, 0.15) is 6.61 Å². The second-order valence-electron chi connectivity index (χ2n) is 5.86. The molecule has 0 aromatic heterocycles. The van der Waals surface area contributed by atoms with Crippen LogP contribution in [0.1, 0.15) is 32.6 Å². The normalized spacial score (nSPS) is 15.0. The summed E-state index contributed by atoms with van der Waals surface area (Å²) in [6.07, 6.45) is -10.0. The molecule has 0 saturated heterocycles. The average Bonchev–Trinajstić information content (AvgIpc) is 2.28. The van der Waals surface area contributed by atoms with Gasteiger partial charge in [-0.1, -0.05) is 6.58 Å². The van der Waals surface area contributed by atoms with E-state index in [-0.39, 0.29) is 6.92 Å². The van der Waals surface area contributed by atoms with Gasteiger partial charge in [0.25, 0.3) is 23.7 Å². The smallest absolute Gasteiger partial charge is 0.330 e. The molecular weight excluding hydrogens is 368 g/mol. The van der Waals surface area contributed by atoms with Crippen LogP contribution < -0.4 is 0 Å². The van der Waals surface area contributed by atoms with Gasteiger partial charge in [0.15, 0.2) is 0 Å². The third kappa shape index (κ3) is 11.7. The fourth-order valence-corrected chi connectivity index (χ4v) is 2.05. The van der Waals surface area contributed by atoms with Gasteiger partial charge in [-0.25, -0.2) is 39.9 Å². The van der Waals surface area contributed by atoms with Crippen molar-refractivity contribution in [3.8, 4) is 0 Å². The lowest BCUT2D eigenvalue weighted by Gasteiger charge is -2.28. The number of aliphatic hydroxyl groups is 1. The molecule has 25 heavy (non-hydrogen) atoms. The average molecular weight is 386 g/mol. The zero-order valence-electron chi connectivity index (χ0n) is 13.2. The van der Waals surface area contributed by atoms with Crippen LogP contribution in [0.4, 0.5) is 35.1 Å². The second kappa shape index (κ2) is 8.33. The van der Waals surface area contributed by atoms with Gasteiger partial charge in [-0.15, -0.1) is 0 Å². The molecule has 1 N–H and O–H groups in total. The minimum atomic E-state index is -4.66. The molecule has 0 bridgehead atoms. The number of alkyl halides is 8. The first kappa shape index (κ1) is 23.6. The number of rotatable bonds is 11. The highest BCUT2D eigenvalue weighted by Gasteiger charge is 2.52. The summed E-state index contributed by atoms with van der Waals surface area (Å²) in [6, 6.07) is 0. The molecule has 1 atom stereocenters. The SMILES string of the molecule is C=CC(=O)OCC(O)CC(F)(F)CC(F)(F)CC(F)(F)CC(C)(F)F. The first-order valence-electron chi connectivity index (χ1n) is 6.96. The molecule has 11 heteroatoms. The highest BCUT2D eigenvalue weighted by atomic mass is 19.3. The lowest BCUT2D eigenvalue weighted by atomic mass is 9.97. The predicted molar refractivity (Wildman–Crippen MR) is 71.1 cm³/mol. The summed E-state index contributed by atoms with van der Waals surface area (Å²) in [4.78, 5) is 10.7. The molecule has 0 aliphatic rings. The van der Waals surface area contributed by atoms with E-state index in [1.807, 2.05) is 0 Å². The van der Waals surface area contributed by atoms with Crippen molar-refractivity contribution in [3.05, 3.63) is 12.7 Å². The third-order valence-corrected chi connectivity index (χ3v) is 2.72. The molecular formula is C14H18F8O3. The molecule has 0 heterocycles. The Morgan fingerprint density at radius 1 is 1.00 bits per heavy atom. The lowest BCUT2D eigenvalue weighted by molar-refractivity contribution is -0.183. The summed E-state index contributed by atoms with van der Waals surface area (Å²) in [7, 11) is 0. The Kier molecular flexibility index (Phi) is 7.86. The number of carbonyl (C=O) groups is 1. The number of hydrogen-bond acceptors (Lipinski definition) is 3. The molecule has 0 aliphatic carbocycles. The molecule has 0 fully saturated rings. The summed E-state index contributed by atoms with van der Waals surface area (Å²) < 4.78 is 109. The van der Waals surface area contributed by atoms with E-state index >= 15 is 0 Å². The minimum Gasteiger partial charge on any atom is -0.460 e. The molecule has 0 amide bonds. The van der Waals surface area contributed by atoms with Gasteiger partial charge in [-0.2, -0.15) is 0 Å². The van der Waals surface area contributed by atoms with Crippen molar-refractivity contribution in [1.29, 1.82) is 0 Å². The van der Waals surface area contributed by atoms with Crippen LogP contribution in [0.15, 0.2) is 12.7 Å². The minimum absolute atomic E-state index is 0.0918. The van der Waals surface area contributed by atoms with Crippen LogP contribution in [0.25, 0.3) is 0 Å². The molecule has 0 radical (unpaired) electrons. The highest BCUT2D eigenvalue weighted by Crippen LogP contribution is 2.43. The Morgan fingerprint density at radius 2 is 1.44 bits per heavy atom. The van der Waals surface area contributed by atoms with Crippen molar-refractivity contribution >= 4 is 5.97 Å². The van der Waals surface area contributed by atoms with Crippen LogP contribution in [0.3, 0.4) is 0 Å². The van der Waals surface area contributed by atoms with E-state index in [1.54, 1.807) is 0 Å². The van der Waals surface area contributed by atoms with Crippen LogP contribution in [0.5, 0.6) is 0 Å². The lowest BCUT2D eigenvalue weighted by Crippen LogP contribution is -2.39. The molecule has 0 rings (SSSR count). The number of halogens is 8. The standard InChI is InChI=1S/C14H18F8O3/c1-3-10(24)25-5-9(23)4-12(17,18)7-14(21,22)8-13(19,20)6-11(2,15)16/h3,9,23H,1,4-8H2,2H3. The molecule has 3 nitrogen and oxygen atoms in total. The quantitative estimate of drug-likeness (QED) is 0.329. The van der Waals surface area contributed by atoms with Crippen molar-refractivity contribution in [2.45, 2.75) is 62.4 Å². The molecule has 1 unspecified atom stereocenters. The van der Waals surface area contributed by atoms with Crippen molar-refractivity contribution in [2.75, 3.05) is 6.61 Å². The van der Waals surface area contributed by atoms with Gasteiger partial charge in [0.05, 0.1) is 25.4 Å². The fraction of sp³-hybridized carbons (Fsp3) is 0.786. The topological polar surface area (TPSA) is 46.5 Å². The summed E-state index contributed by atoms with van der Waals surface area (Å²) in [6.45, 7) is 2.14. The van der Waals surface area contributed by atoms with Crippen LogP contribution in [-0.4, -0.2) is 47.5 Å². The van der Waals surface area contributed by atoms with Crippen molar-refractivity contribution < 1.29 is 49.8 Å². The maximum Gasteiger partial charge on any atom is 0.330 e.